The molecule has 10 aromatic rings. The Morgan fingerprint density at radius 1 is 0.373 bits per heavy atom. The van der Waals surface area contributed by atoms with Crippen LogP contribution in [0.2, 0.25) is 0 Å². The van der Waals surface area contributed by atoms with Crippen molar-refractivity contribution in [3.63, 3.8) is 0 Å². The van der Waals surface area contributed by atoms with Crippen molar-refractivity contribution in [2.75, 3.05) is 0 Å². The second kappa shape index (κ2) is 11.9. The average molecular weight is 659 g/mol. The summed E-state index contributed by atoms with van der Waals surface area (Å²) in [5.41, 5.74) is 4.09. The lowest BCUT2D eigenvalue weighted by atomic mass is 9.99. The Hall–Kier alpha value is -6.91. The van der Waals surface area contributed by atoms with Gasteiger partial charge in [-0.1, -0.05) is 145 Å². The van der Waals surface area contributed by atoms with Crippen LogP contribution < -0.4 is 0 Å². The monoisotopic (exact) mass is 658 g/mol. The lowest BCUT2D eigenvalue weighted by Crippen LogP contribution is -2.02. The molecule has 0 unspecified atom stereocenters. The van der Waals surface area contributed by atoms with Gasteiger partial charge in [-0.3, -0.25) is 0 Å². The van der Waals surface area contributed by atoms with Crippen LogP contribution in [0.3, 0.4) is 0 Å². The molecule has 4 heteroatoms. The fourth-order valence-electron chi connectivity index (χ4n) is 6.84. The summed E-state index contributed by atoms with van der Waals surface area (Å²) >= 11 is 0. The maximum atomic E-state index is 9.13. The summed E-state index contributed by atoms with van der Waals surface area (Å²) in [7, 11) is 0. The number of benzene rings is 8. The molecule has 4 nitrogen and oxygen atoms in total. The van der Waals surface area contributed by atoms with Crippen LogP contribution in [0.1, 0.15) is 11.0 Å². The van der Waals surface area contributed by atoms with E-state index in [0.29, 0.717) is 28.7 Å². The van der Waals surface area contributed by atoms with Crippen molar-refractivity contribution in [2.24, 2.45) is 0 Å². The zero-order valence-corrected chi connectivity index (χ0v) is 27.0. The van der Waals surface area contributed by atoms with Crippen LogP contribution in [0.25, 0.3) is 94.3 Å². The molecular formula is C47H30N4. The van der Waals surface area contributed by atoms with E-state index < -0.39 is 36.3 Å². The third kappa shape index (κ3) is 5.04. The van der Waals surface area contributed by atoms with E-state index in [0.717, 1.165) is 43.8 Å². The molecule has 238 valence electrons. The molecule has 0 spiro atoms. The third-order valence-electron chi connectivity index (χ3n) is 9.25. The largest absolute Gasteiger partial charge is 0.309 e. The van der Waals surface area contributed by atoms with Gasteiger partial charge in [0, 0.05) is 33.2 Å². The van der Waals surface area contributed by atoms with Crippen LogP contribution in [0.4, 0.5) is 0 Å². The van der Waals surface area contributed by atoms with Crippen molar-refractivity contribution >= 4 is 43.4 Å². The summed E-state index contributed by atoms with van der Waals surface area (Å²) in [5, 5.41) is 4.35. The number of para-hydroxylation sites is 2. The van der Waals surface area contributed by atoms with E-state index in [1.54, 1.807) is 6.07 Å². The van der Waals surface area contributed by atoms with Gasteiger partial charge >= 0.3 is 0 Å². The van der Waals surface area contributed by atoms with Gasteiger partial charge in [0.15, 0.2) is 17.5 Å². The Kier molecular flexibility index (Phi) is 5.12. The first-order valence-corrected chi connectivity index (χ1v) is 16.5. The van der Waals surface area contributed by atoms with Crippen molar-refractivity contribution in [2.45, 2.75) is 0 Å². The quantitative estimate of drug-likeness (QED) is 0.173. The maximum Gasteiger partial charge on any atom is 0.164 e. The second-order valence-corrected chi connectivity index (χ2v) is 12.3. The molecule has 51 heavy (non-hydrogen) atoms. The Bertz CT molecular complexity index is 3290. The normalized spacial score (nSPS) is 13.7. The van der Waals surface area contributed by atoms with Crippen molar-refractivity contribution in [1.82, 2.24) is 19.5 Å². The molecule has 0 aliphatic heterocycles. The minimum atomic E-state index is -0.500. The first kappa shape index (κ1) is 21.9. The highest BCUT2D eigenvalue weighted by Crippen LogP contribution is 2.37. The summed E-state index contributed by atoms with van der Waals surface area (Å²) in [6.07, 6.45) is 0. The lowest BCUT2D eigenvalue weighted by Gasteiger charge is -2.14. The molecule has 0 aliphatic carbocycles. The van der Waals surface area contributed by atoms with Gasteiger partial charge in [0.2, 0.25) is 0 Å². The second-order valence-electron chi connectivity index (χ2n) is 12.3. The predicted molar refractivity (Wildman–Crippen MR) is 211 cm³/mol. The standard InChI is InChI=1S/C47H30N4/c1-3-13-31(14-4-1)36-27-37(29-38(28-36)51-43-21-11-9-19-40(43)41-20-10-12-22-44(41)51)47-49-45(34-16-5-2-6-17-34)48-46(50-47)35-26-25-33-24-23-32-15-7-8-18-39(32)42(33)30-35/h1-30H/i9D,10D,11D,12D,19D,20D,21D,22D. The number of nitrogens with zero attached hydrogens (tertiary/aromatic N) is 4. The van der Waals surface area contributed by atoms with Gasteiger partial charge in [0.1, 0.15) is 0 Å². The number of hydrogen-bond acceptors (Lipinski definition) is 3. The molecule has 0 saturated heterocycles. The van der Waals surface area contributed by atoms with Crippen LogP contribution >= 0.6 is 0 Å². The Labute approximate surface area is 306 Å². The summed E-state index contributed by atoms with van der Waals surface area (Å²) in [6, 6.07) is 39.9. The smallest absolute Gasteiger partial charge is 0.164 e. The Balaban J connectivity index is 1.30. The van der Waals surface area contributed by atoms with Gasteiger partial charge in [-0.15, -0.1) is 0 Å². The highest BCUT2D eigenvalue weighted by molar-refractivity contribution is 6.10. The lowest BCUT2D eigenvalue weighted by molar-refractivity contribution is 1.07. The molecule has 0 bridgehead atoms. The van der Waals surface area contributed by atoms with Crippen LogP contribution in [-0.4, -0.2) is 19.5 Å². The van der Waals surface area contributed by atoms with Gasteiger partial charge in [-0.05, 0) is 69.0 Å². The molecular weight excluding hydrogens is 621 g/mol. The topological polar surface area (TPSA) is 43.6 Å². The molecule has 0 aliphatic rings. The molecule has 0 radical (unpaired) electrons. The first-order valence-electron chi connectivity index (χ1n) is 20.5. The highest BCUT2D eigenvalue weighted by atomic mass is 15.0. The SMILES string of the molecule is [2H]c1c([2H])c([2H])c2c(c1[2H])c1c([2H])c([2H])c([2H])c([2H])c1n2-c1cc(-c2ccccc2)cc(-c2nc(-c3ccccc3)nc(-c3ccc4ccc5ccccc5c4c3)n2)c1. The zero-order chi connectivity index (χ0) is 40.7. The van der Waals surface area contributed by atoms with Crippen molar-refractivity contribution in [3.8, 4) is 51.0 Å². The molecule has 10 rings (SSSR count). The molecule has 0 fully saturated rings. The van der Waals surface area contributed by atoms with Crippen LogP contribution in [-0.2, 0) is 0 Å². The van der Waals surface area contributed by atoms with Crippen LogP contribution in [0.5, 0.6) is 0 Å². The minimum Gasteiger partial charge on any atom is -0.309 e. The molecule has 8 aromatic carbocycles. The molecule has 2 aromatic heterocycles. The number of aromatic nitrogens is 4. The molecule has 0 N–H and O–H groups in total. The van der Waals surface area contributed by atoms with Gasteiger partial charge in [-0.25, -0.2) is 15.0 Å². The van der Waals surface area contributed by atoms with E-state index in [9.17, 15) is 0 Å². The third-order valence-corrected chi connectivity index (χ3v) is 9.25. The van der Waals surface area contributed by atoms with E-state index in [-0.39, 0.29) is 33.9 Å². The van der Waals surface area contributed by atoms with E-state index in [1.807, 2.05) is 91.0 Å². The molecule has 0 atom stereocenters. The van der Waals surface area contributed by atoms with E-state index >= 15 is 0 Å². The van der Waals surface area contributed by atoms with E-state index in [1.165, 1.54) is 4.57 Å². The van der Waals surface area contributed by atoms with Gasteiger partial charge in [-0.2, -0.15) is 0 Å². The van der Waals surface area contributed by atoms with Crippen molar-refractivity contribution < 1.29 is 11.0 Å². The Morgan fingerprint density at radius 2 is 0.902 bits per heavy atom. The maximum absolute atomic E-state index is 9.13. The van der Waals surface area contributed by atoms with Gasteiger partial charge in [0.25, 0.3) is 0 Å². The van der Waals surface area contributed by atoms with Gasteiger partial charge in [0.05, 0.1) is 22.0 Å². The number of rotatable bonds is 5. The fourth-order valence-corrected chi connectivity index (χ4v) is 6.84. The molecule has 0 saturated carbocycles. The summed E-state index contributed by atoms with van der Waals surface area (Å²) in [4.78, 5) is 15.1. The first-order chi connectivity index (χ1) is 28.6. The van der Waals surface area contributed by atoms with Gasteiger partial charge < -0.3 is 4.57 Å². The van der Waals surface area contributed by atoms with Crippen molar-refractivity contribution in [3.05, 3.63) is 182 Å². The van der Waals surface area contributed by atoms with Crippen LogP contribution in [0.15, 0.2) is 182 Å². The van der Waals surface area contributed by atoms with E-state index in [4.69, 9.17) is 25.9 Å². The number of fused-ring (bicyclic) bond motifs is 6. The fraction of sp³-hybridized carbons (Fsp3) is 0. The summed E-state index contributed by atoms with van der Waals surface area (Å²) in [6.45, 7) is 0. The molecule has 2 heterocycles. The number of hydrogen-bond donors (Lipinski definition) is 0. The van der Waals surface area contributed by atoms with E-state index in [2.05, 4.69) is 36.4 Å². The summed E-state index contributed by atoms with van der Waals surface area (Å²) in [5.74, 6) is 1.21. The van der Waals surface area contributed by atoms with Crippen molar-refractivity contribution in [1.29, 1.82) is 0 Å². The predicted octanol–water partition coefficient (Wildman–Crippen LogP) is 11.9. The average Bonchev–Trinajstić information content (AvgIpc) is 3.65. The molecule has 0 amide bonds. The summed E-state index contributed by atoms with van der Waals surface area (Å²) < 4.78 is 72.0. The minimum absolute atomic E-state index is 0.00213. The highest BCUT2D eigenvalue weighted by Gasteiger charge is 2.18. The zero-order valence-electron chi connectivity index (χ0n) is 35.0. The Morgan fingerprint density at radius 3 is 1.61 bits per heavy atom. The van der Waals surface area contributed by atoms with Crippen LogP contribution in [0, 0.1) is 0 Å².